The molecule has 0 aromatic heterocycles. The molecule has 0 amide bonds. The molecule has 2 aromatic rings. The van der Waals surface area contributed by atoms with E-state index < -0.39 is 11.7 Å². The maximum Gasteiger partial charge on any atom is 0.416 e. The molecule has 0 saturated carbocycles. The normalized spacial score (nSPS) is 13.7. The molecule has 0 aliphatic carbocycles. The first-order valence-electron chi connectivity index (χ1n) is 6.68. The van der Waals surface area contributed by atoms with Crippen LogP contribution in [0.15, 0.2) is 42.5 Å². The molecule has 0 fully saturated rings. The van der Waals surface area contributed by atoms with Gasteiger partial charge in [-0.25, -0.2) is 0 Å². The van der Waals surface area contributed by atoms with Gasteiger partial charge in [-0.05, 0) is 47.9 Å². The van der Waals surface area contributed by atoms with E-state index in [0.717, 1.165) is 36.3 Å². The largest absolute Gasteiger partial charge is 0.489 e. The molecule has 1 aliphatic rings. The first-order chi connectivity index (χ1) is 10.0. The average Bonchev–Trinajstić information content (AvgIpc) is 2.92. The Morgan fingerprint density at radius 3 is 2.52 bits per heavy atom. The monoisotopic (exact) mass is 293 g/mol. The number of hydrogen-bond acceptors (Lipinski definition) is 2. The van der Waals surface area contributed by atoms with Crippen LogP contribution in [0.1, 0.15) is 16.7 Å². The third-order valence-corrected chi connectivity index (χ3v) is 3.47. The van der Waals surface area contributed by atoms with Crippen molar-refractivity contribution >= 4 is 5.69 Å². The molecule has 110 valence electrons. The van der Waals surface area contributed by atoms with Gasteiger partial charge in [0.05, 0.1) is 5.56 Å². The second-order valence-electron chi connectivity index (χ2n) is 4.98. The van der Waals surface area contributed by atoms with Crippen LogP contribution in [-0.4, -0.2) is 6.54 Å². The Balaban J connectivity index is 1.65. The quantitative estimate of drug-likeness (QED) is 0.913. The summed E-state index contributed by atoms with van der Waals surface area (Å²) in [6.45, 7) is 1.28. The Morgan fingerprint density at radius 2 is 1.81 bits per heavy atom. The van der Waals surface area contributed by atoms with Crippen molar-refractivity contribution in [2.45, 2.75) is 19.2 Å². The van der Waals surface area contributed by atoms with Crippen molar-refractivity contribution in [2.75, 3.05) is 11.9 Å². The first-order valence-corrected chi connectivity index (χ1v) is 6.68. The van der Waals surface area contributed by atoms with E-state index in [1.54, 1.807) is 0 Å². The SMILES string of the molecule is FC(F)(F)c1ccc(OCc2ccc3c(c2)NCC3)cc1. The maximum absolute atomic E-state index is 12.4. The third kappa shape index (κ3) is 3.12. The van der Waals surface area contributed by atoms with E-state index in [2.05, 4.69) is 11.4 Å². The molecule has 21 heavy (non-hydrogen) atoms. The van der Waals surface area contributed by atoms with Gasteiger partial charge in [0.1, 0.15) is 12.4 Å². The van der Waals surface area contributed by atoms with Crippen LogP contribution in [0, 0.1) is 0 Å². The zero-order valence-corrected chi connectivity index (χ0v) is 11.2. The lowest BCUT2D eigenvalue weighted by Gasteiger charge is -2.10. The van der Waals surface area contributed by atoms with Gasteiger partial charge in [-0.1, -0.05) is 12.1 Å². The summed E-state index contributed by atoms with van der Waals surface area (Å²) in [5, 5.41) is 3.28. The number of rotatable bonds is 3. The molecule has 2 nitrogen and oxygen atoms in total. The van der Waals surface area contributed by atoms with Gasteiger partial charge >= 0.3 is 6.18 Å². The minimum atomic E-state index is -4.32. The van der Waals surface area contributed by atoms with Crippen LogP contribution < -0.4 is 10.1 Å². The van der Waals surface area contributed by atoms with Gasteiger partial charge in [0.2, 0.25) is 0 Å². The molecule has 5 heteroatoms. The standard InChI is InChI=1S/C16H14F3NO/c17-16(18,19)13-3-5-14(6-4-13)21-10-11-1-2-12-7-8-20-15(12)9-11/h1-6,9,20H,7-8,10H2. The molecule has 0 spiro atoms. The Morgan fingerprint density at radius 1 is 1.05 bits per heavy atom. The van der Waals surface area contributed by atoms with Gasteiger partial charge in [-0.2, -0.15) is 13.2 Å². The Bertz CT molecular complexity index is 635. The molecule has 1 heterocycles. The predicted molar refractivity (Wildman–Crippen MR) is 74.4 cm³/mol. The lowest BCUT2D eigenvalue weighted by Crippen LogP contribution is -2.04. The summed E-state index contributed by atoms with van der Waals surface area (Å²) in [6.07, 6.45) is -3.29. The molecular weight excluding hydrogens is 279 g/mol. The predicted octanol–water partition coefficient (Wildman–Crippen LogP) is 4.25. The fraction of sp³-hybridized carbons (Fsp3) is 0.250. The molecule has 0 saturated heterocycles. The maximum atomic E-state index is 12.4. The first kappa shape index (κ1) is 13.8. The molecule has 1 N–H and O–H groups in total. The smallest absolute Gasteiger partial charge is 0.416 e. The van der Waals surface area contributed by atoms with E-state index in [0.29, 0.717) is 12.4 Å². The van der Waals surface area contributed by atoms with E-state index in [1.165, 1.54) is 17.7 Å². The molecule has 0 unspecified atom stereocenters. The second kappa shape index (κ2) is 5.31. The van der Waals surface area contributed by atoms with Crippen LogP contribution in [0.5, 0.6) is 5.75 Å². The number of ether oxygens (including phenoxy) is 1. The van der Waals surface area contributed by atoms with Crippen LogP contribution in [0.2, 0.25) is 0 Å². The lowest BCUT2D eigenvalue weighted by atomic mass is 10.1. The van der Waals surface area contributed by atoms with Crippen molar-refractivity contribution < 1.29 is 17.9 Å². The van der Waals surface area contributed by atoms with E-state index in [4.69, 9.17) is 4.74 Å². The highest BCUT2D eigenvalue weighted by molar-refractivity contribution is 5.57. The summed E-state index contributed by atoms with van der Waals surface area (Å²) < 4.78 is 42.9. The fourth-order valence-electron chi connectivity index (χ4n) is 2.33. The zero-order chi connectivity index (χ0) is 14.9. The number of nitrogens with one attached hydrogen (secondary N) is 1. The van der Waals surface area contributed by atoms with Crippen molar-refractivity contribution in [3.8, 4) is 5.75 Å². The third-order valence-electron chi connectivity index (χ3n) is 3.47. The Labute approximate surface area is 120 Å². The molecular formula is C16H14F3NO. The number of benzene rings is 2. The van der Waals surface area contributed by atoms with Crippen LogP contribution >= 0.6 is 0 Å². The highest BCUT2D eigenvalue weighted by atomic mass is 19.4. The molecule has 2 aromatic carbocycles. The van der Waals surface area contributed by atoms with Gasteiger partial charge in [-0.3, -0.25) is 0 Å². The number of halogens is 3. The minimum absolute atomic E-state index is 0.334. The van der Waals surface area contributed by atoms with Crippen molar-refractivity contribution in [3.05, 3.63) is 59.2 Å². The lowest BCUT2D eigenvalue weighted by molar-refractivity contribution is -0.137. The molecule has 1 aliphatic heterocycles. The van der Waals surface area contributed by atoms with E-state index in [9.17, 15) is 13.2 Å². The van der Waals surface area contributed by atoms with Gasteiger partial charge in [-0.15, -0.1) is 0 Å². The summed E-state index contributed by atoms with van der Waals surface area (Å²) in [5.41, 5.74) is 2.72. The summed E-state index contributed by atoms with van der Waals surface area (Å²) in [4.78, 5) is 0. The zero-order valence-electron chi connectivity index (χ0n) is 11.2. The van der Waals surface area contributed by atoms with E-state index in [-0.39, 0.29) is 0 Å². The van der Waals surface area contributed by atoms with Crippen LogP contribution in [0.4, 0.5) is 18.9 Å². The summed E-state index contributed by atoms with van der Waals surface area (Å²) in [6, 6.07) is 10.8. The molecule has 3 rings (SSSR count). The average molecular weight is 293 g/mol. The number of alkyl halides is 3. The van der Waals surface area contributed by atoms with Crippen molar-refractivity contribution in [3.63, 3.8) is 0 Å². The Kier molecular flexibility index (Phi) is 3.49. The highest BCUT2D eigenvalue weighted by Crippen LogP contribution is 2.30. The van der Waals surface area contributed by atoms with Gasteiger partial charge < -0.3 is 10.1 Å². The molecule has 0 atom stereocenters. The van der Waals surface area contributed by atoms with Gasteiger partial charge in [0.15, 0.2) is 0 Å². The van der Waals surface area contributed by atoms with E-state index >= 15 is 0 Å². The highest BCUT2D eigenvalue weighted by Gasteiger charge is 2.30. The minimum Gasteiger partial charge on any atom is -0.489 e. The van der Waals surface area contributed by atoms with Crippen molar-refractivity contribution in [1.82, 2.24) is 0 Å². The van der Waals surface area contributed by atoms with Gasteiger partial charge in [0, 0.05) is 12.2 Å². The van der Waals surface area contributed by atoms with E-state index in [1.807, 2.05) is 12.1 Å². The molecule has 0 radical (unpaired) electrons. The van der Waals surface area contributed by atoms with Crippen molar-refractivity contribution in [1.29, 1.82) is 0 Å². The van der Waals surface area contributed by atoms with Crippen LogP contribution in [0.3, 0.4) is 0 Å². The van der Waals surface area contributed by atoms with Crippen molar-refractivity contribution in [2.24, 2.45) is 0 Å². The fourth-order valence-corrected chi connectivity index (χ4v) is 2.33. The number of fused-ring (bicyclic) bond motifs is 1. The van der Waals surface area contributed by atoms with Gasteiger partial charge in [0.25, 0.3) is 0 Å². The molecule has 0 bridgehead atoms. The number of hydrogen-bond donors (Lipinski definition) is 1. The summed E-state index contributed by atoms with van der Waals surface area (Å²) in [5.74, 6) is 0.427. The topological polar surface area (TPSA) is 21.3 Å². The second-order valence-corrected chi connectivity index (χ2v) is 4.98. The van der Waals surface area contributed by atoms with Crippen LogP contribution in [0.25, 0.3) is 0 Å². The Hall–Kier alpha value is -2.17. The van der Waals surface area contributed by atoms with Crippen LogP contribution in [-0.2, 0) is 19.2 Å². The number of anilines is 1. The summed E-state index contributed by atoms with van der Waals surface area (Å²) >= 11 is 0. The summed E-state index contributed by atoms with van der Waals surface area (Å²) in [7, 11) is 0.